The summed E-state index contributed by atoms with van der Waals surface area (Å²) < 4.78 is 5.31. The van der Waals surface area contributed by atoms with Gasteiger partial charge in [0.05, 0.1) is 13.2 Å². The van der Waals surface area contributed by atoms with Gasteiger partial charge in [0, 0.05) is 32.1 Å². The van der Waals surface area contributed by atoms with Crippen LogP contribution in [0.5, 0.6) is 0 Å². The van der Waals surface area contributed by atoms with Crippen molar-refractivity contribution in [3.05, 3.63) is 0 Å². The zero-order valence-electron chi connectivity index (χ0n) is 13.0. The number of nitrogens with zero attached hydrogens (tertiary/aromatic N) is 1. The topological polar surface area (TPSA) is 67.6 Å². The van der Waals surface area contributed by atoms with Crippen LogP contribution in [0, 0.1) is 0 Å². The fourth-order valence-electron chi connectivity index (χ4n) is 2.35. The molecule has 7 heteroatoms. The molecule has 21 heavy (non-hydrogen) atoms. The van der Waals surface area contributed by atoms with Gasteiger partial charge < -0.3 is 15.8 Å². The number of ether oxygens (including phenoxy) is 1. The normalized spacial score (nSPS) is 16.5. The molecule has 1 fully saturated rings. The molecule has 3 N–H and O–H groups in total. The number of morpholine rings is 1. The largest absolute Gasteiger partial charge is 0.379 e. The van der Waals surface area contributed by atoms with Crippen molar-refractivity contribution in [2.45, 2.75) is 45.1 Å². The Bertz CT molecular complexity index is 252. The predicted molar refractivity (Wildman–Crippen MR) is 91.5 cm³/mol. The minimum absolute atomic E-state index is 0. The number of carbonyl (C=O) groups excluding carboxylic acids is 1. The number of nitrogens with one attached hydrogen (secondary N) is 1. The van der Waals surface area contributed by atoms with Crippen molar-refractivity contribution in [1.29, 1.82) is 0 Å². The maximum atomic E-state index is 11.7. The molecule has 0 aromatic heterocycles. The molecule has 0 aromatic rings. The highest BCUT2D eigenvalue weighted by atomic mass is 35.5. The Labute approximate surface area is 141 Å². The highest BCUT2D eigenvalue weighted by molar-refractivity contribution is 5.85. The monoisotopic (exact) mass is 343 g/mol. The van der Waals surface area contributed by atoms with Crippen molar-refractivity contribution in [3.8, 4) is 0 Å². The number of hydrogen-bond donors (Lipinski definition) is 2. The van der Waals surface area contributed by atoms with Gasteiger partial charge in [-0.1, -0.05) is 12.8 Å². The van der Waals surface area contributed by atoms with Crippen LogP contribution < -0.4 is 11.1 Å². The van der Waals surface area contributed by atoms with Crippen molar-refractivity contribution in [3.63, 3.8) is 0 Å². The van der Waals surface area contributed by atoms with E-state index in [1.54, 1.807) is 0 Å². The lowest BCUT2D eigenvalue weighted by atomic mass is 10.1. The van der Waals surface area contributed by atoms with E-state index in [9.17, 15) is 4.79 Å². The molecular formula is C14H31Cl2N3O2. The summed E-state index contributed by atoms with van der Waals surface area (Å²) >= 11 is 0. The number of carbonyl (C=O) groups is 1. The molecule has 5 nitrogen and oxygen atoms in total. The molecule has 1 rings (SSSR count). The number of rotatable bonds is 9. The Morgan fingerprint density at radius 2 is 1.81 bits per heavy atom. The quantitative estimate of drug-likeness (QED) is 0.623. The van der Waals surface area contributed by atoms with Crippen LogP contribution in [0.1, 0.15) is 39.0 Å². The minimum atomic E-state index is 0. The molecule has 0 spiro atoms. The van der Waals surface area contributed by atoms with Gasteiger partial charge in [-0.15, -0.1) is 24.8 Å². The second kappa shape index (κ2) is 14.9. The van der Waals surface area contributed by atoms with Crippen LogP contribution in [-0.2, 0) is 9.53 Å². The van der Waals surface area contributed by atoms with Crippen LogP contribution in [0.15, 0.2) is 0 Å². The molecular weight excluding hydrogens is 313 g/mol. The summed E-state index contributed by atoms with van der Waals surface area (Å²) in [7, 11) is 0. The van der Waals surface area contributed by atoms with Crippen LogP contribution in [0.25, 0.3) is 0 Å². The summed E-state index contributed by atoms with van der Waals surface area (Å²) in [5.74, 6) is 0.175. The van der Waals surface area contributed by atoms with E-state index in [0.717, 1.165) is 65.1 Å². The van der Waals surface area contributed by atoms with E-state index in [2.05, 4.69) is 17.1 Å². The smallest absolute Gasteiger partial charge is 0.220 e. The number of amides is 1. The van der Waals surface area contributed by atoms with Crippen LogP contribution >= 0.6 is 24.8 Å². The van der Waals surface area contributed by atoms with Crippen LogP contribution in [0.2, 0.25) is 0 Å². The van der Waals surface area contributed by atoms with Crippen LogP contribution in [-0.4, -0.2) is 56.2 Å². The molecule has 0 radical (unpaired) electrons. The first kappa shape index (κ1) is 23.2. The second-order valence-corrected chi connectivity index (χ2v) is 5.33. The Morgan fingerprint density at radius 3 is 2.43 bits per heavy atom. The van der Waals surface area contributed by atoms with Gasteiger partial charge in [0.15, 0.2) is 0 Å². The number of halogens is 2. The Hall–Kier alpha value is -0.0700. The Kier molecular flexibility index (Phi) is 16.4. The van der Waals surface area contributed by atoms with Gasteiger partial charge in [0.2, 0.25) is 5.91 Å². The third kappa shape index (κ3) is 12.2. The third-order valence-electron chi connectivity index (χ3n) is 3.40. The molecule has 1 amide bonds. The molecule has 1 aliphatic rings. The molecule has 1 unspecified atom stereocenters. The first-order valence-corrected chi connectivity index (χ1v) is 7.52. The van der Waals surface area contributed by atoms with Crippen LogP contribution in [0.4, 0.5) is 0 Å². The zero-order valence-corrected chi connectivity index (χ0v) is 14.6. The number of hydrogen-bond acceptors (Lipinski definition) is 4. The fourth-order valence-corrected chi connectivity index (χ4v) is 2.35. The predicted octanol–water partition coefficient (Wildman–Crippen LogP) is 1.58. The van der Waals surface area contributed by atoms with E-state index >= 15 is 0 Å². The first-order chi connectivity index (χ1) is 9.22. The summed E-state index contributed by atoms with van der Waals surface area (Å²) in [6.07, 6.45) is 4.90. The average Bonchev–Trinajstić information content (AvgIpc) is 2.39. The van der Waals surface area contributed by atoms with Crippen molar-refractivity contribution >= 4 is 30.7 Å². The molecule has 1 saturated heterocycles. The zero-order chi connectivity index (χ0) is 13.9. The van der Waals surface area contributed by atoms with Crippen molar-refractivity contribution in [2.24, 2.45) is 5.73 Å². The van der Waals surface area contributed by atoms with Crippen molar-refractivity contribution < 1.29 is 9.53 Å². The molecule has 1 atom stereocenters. The van der Waals surface area contributed by atoms with Crippen molar-refractivity contribution in [1.82, 2.24) is 10.2 Å². The maximum absolute atomic E-state index is 11.7. The van der Waals surface area contributed by atoms with Gasteiger partial charge in [0.1, 0.15) is 0 Å². The standard InChI is InChI=1S/C14H29N3O2.2ClH/c1-13(12-17-8-10-19-11-9-17)16-14(18)6-4-2-3-5-7-15;;/h13H,2-12,15H2,1H3,(H,16,18);2*1H. The Balaban J connectivity index is 0. The molecule has 0 bridgehead atoms. The summed E-state index contributed by atoms with van der Waals surface area (Å²) in [5, 5.41) is 3.07. The molecule has 1 heterocycles. The van der Waals surface area contributed by atoms with Gasteiger partial charge in [-0.05, 0) is 26.3 Å². The summed E-state index contributed by atoms with van der Waals surface area (Å²) in [4.78, 5) is 14.1. The van der Waals surface area contributed by atoms with Crippen molar-refractivity contribution in [2.75, 3.05) is 39.4 Å². The fraction of sp³-hybridized carbons (Fsp3) is 0.929. The molecule has 0 saturated carbocycles. The highest BCUT2D eigenvalue weighted by Crippen LogP contribution is 2.03. The van der Waals surface area contributed by atoms with E-state index < -0.39 is 0 Å². The lowest BCUT2D eigenvalue weighted by molar-refractivity contribution is -0.122. The van der Waals surface area contributed by atoms with Gasteiger partial charge in [-0.25, -0.2) is 0 Å². The summed E-state index contributed by atoms with van der Waals surface area (Å²) in [6.45, 7) is 7.30. The lowest BCUT2D eigenvalue weighted by Crippen LogP contribution is -2.45. The molecule has 128 valence electrons. The number of unbranched alkanes of at least 4 members (excludes halogenated alkanes) is 3. The second-order valence-electron chi connectivity index (χ2n) is 5.33. The molecule has 0 aliphatic carbocycles. The van der Waals surface area contributed by atoms with Gasteiger partial charge in [-0.3, -0.25) is 9.69 Å². The molecule has 1 aliphatic heterocycles. The van der Waals surface area contributed by atoms with Gasteiger partial charge in [0.25, 0.3) is 0 Å². The highest BCUT2D eigenvalue weighted by Gasteiger charge is 2.14. The first-order valence-electron chi connectivity index (χ1n) is 7.52. The van der Waals surface area contributed by atoms with E-state index in [1.807, 2.05) is 0 Å². The van der Waals surface area contributed by atoms with E-state index in [0.29, 0.717) is 6.42 Å². The minimum Gasteiger partial charge on any atom is -0.379 e. The lowest BCUT2D eigenvalue weighted by Gasteiger charge is -2.29. The molecule has 0 aromatic carbocycles. The maximum Gasteiger partial charge on any atom is 0.220 e. The van der Waals surface area contributed by atoms with Crippen LogP contribution in [0.3, 0.4) is 0 Å². The number of nitrogens with two attached hydrogens (primary N) is 1. The summed E-state index contributed by atoms with van der Waals surface area (Å²) in [6, 6.07) is 0.217. The van der Waals surface area contributed by atoms with E-state index in [1.165, 1.54) is 0 Å². The SMILES string of the molecule is CC(CN1CCOCC1)NC(=O)CCCCCCN.Cl.Cl. The third-order valence-corrected chi connectivity index (χ3v) is 3.40. The van der Waals surface area contributed by atoms with Gasteiger partial charge in [-0.2, -0.15) is 0 Å². The van der Waals surface area contributed by atoms with E-state index in [-0.39, 0.29) is 36.8 Å². The average molecular weight is 344 g/mol. The summed E-state index contributed by atoms with van der Waals surface area (Å²) in [5.41, 5.74) is 5.43. The van der Waals surface area contributed by atoms with E-state index in [4.69, 9.17) is 10.5 Å². The van der Waals surface area contributed by atoms with Gasteiger partial charge >= 0.3 is 0 Å². The Morgan fingerprint density at radius 1 is 1.19 bits per heavy atom.